The Bertz CT molecular complexity index is 938. The maximum atomic E-state index is 13.5. The molecule has 174 valence electrons. The molecule has 4 nitrogen and oxygen atoms in total. The largest absolute Gasteiger partial charge is 0.466 e. The van der Waals surface area contributed by atoms with Gasteiger partial charge in [0.25, 0.3) is 0 Å². The molecule has 1 heterocycles. The minimum Gasteiger partial charge on any atom is -0.466 e. The predicted octanol–water partition coefficient (Wildman–Crippen LogP) is 5.80. The number of Topliss-reactive ketones (excluding diaryl/α,β-unsaturated/α-hetero) is 1. The summed E-state index contributed by atoms with van der Waals surface area (Å²) in [5, 5.41) is 0. The van der Waals surface area contributed by atoms with E-state index in [1.165, 1.54) is 6.92 Å². The molecule has 0 amide bonds. The van der Waals surface area contributed by atoms with E-state index in [1.54, 1.807) is 6.92 Å². The fourth-order valence-corrected chi connectivity index (χ4v) is 3.23. The number of nitrogens with zero attached hydrogens (tertiary/aromatic N) is 1. The summed E-state index contributed by atoms with van der Waals surface area (Å²) in [6.07, 6.45) is -9.05. The summed E-state index contributed by atoms with van der Waals surface area (Å²) in [7, 11) is 0. The molecule has 2 aromatic rings. The molecule has 10 heteroatoms. The van der Waals surface area contributed by atoms with E-state index < -0.39 is 59.2 Å². The van der Waals surface area contributed by atoms with Gasteiger partial charge in [-0.05, 0) is 36.8 Å². The Morgan fingerprint density at radius 1 is 0.969 bits per heavy atom. The molecule has 0 bridgehead atoms. The van der Waals surface area contributed by atoms with E-state index in [9.17, 15) is 35.9 Å². The fraction of sp³-hybridized carbons (Fsp3) is 0.409. The summed E-state index contributed by atoms with van der Waals surface area (Å²) < 4.78 is 84.2. The summed E-state index contributed by atoms with van der Waals surface area (Å²) in [4.78, 5) is 28.2. The molecule has 32 heavy (non-hydrogen) atoms. The molecule has 0 N–H and O–H groups in total. The molecule has 0 saturated carbocycles. The number of ketones is 1. The van der Waals surface area contributed by atoms with Gasteiger partial charge in [0.05, 0.1) is 29.3 Å². The van der Waals surface area contributed by atoms with Crippen molar-refractivity contribution in [1.29, 1.82) is 0 Å². The Kier molecular flexibility index (Phi) is 8.03. The zero-order valence-corrected chi connectivity index (χ0v) is 17.3. The van der Waals surface area contributed by atoms with E-state index in [0.29, 0.717) is 0 Å². The van der Waals surface area contributed by atoms with Crippen LogP contribution in [0.1, 0.15) is 55.0 Å². The monoisotopic (exact) mass is 461 g/mol. The number of pyridine rings is 1. The van der Waals surface area contributed by atoms with Crippen molar-refractivity contribution in [1.82, 2.24) is 4.98 Å². The minimum atomic E-state index is -4.78. The first-order chi connectivity index (χ1) is 14.8. The Balaban J connectivity index is 2.43. The van der Waals surface area contributed by atoms with E-state index in [2.05, 4.69) is 4.98 Å². The zero-order chi connectivity index (χ0) is 24.1. The van der Waals surface area contributed by atoms with Gasteiger partial charge in [-0.15, -0.1) is 0 Å². The Hall–Kier alpha value is -2.91. The van der Waals surface area contributed by atoms with E-state index in [1.807, 2.05) is 0 Å². The second-order valence-corrected chi connectivity index (χ2v) is 7.21. The third kappa shape index (κ3) is 6.54. The fourth-order valence-electron chi connectivity index (χ4n) is 3.23. The van der Waals surface area contributed by atoms with Crippen molar-refractivity contribution >= 4 is 11.8 Å². The van der Waals surface area contributed by atoms with Crippen LogP contribution in [0.15, 0.2) is 42.6 Å². The van der Waals surface area contributed by atoms with Crippen molar-refractivity contribution in [3.63, 3.8) is 0 Å². The van der Waals surface area contributed by atoms with Gasteiger partial charge in [0.2, 0.25) is 0 Å². The minimum absolute atomic E-state index is 0.0688. The van der Waals surface area contributed by atoms with Gasteiger partial charge in [0.15, 0.2) is 0 Å². The van der Waals surface area contributed by atoms with E-state index in [0.717, 1.165) is 42.6 Å². The molecule has 1 aromatic heterocycles. The molecular formula is C22H21F6NO3. The molecule has 0 aliphatic heterocycles. The van der Waals surface area contributed by atoms with Crippen LogP contribution in [-0.2, 0) is 26.7 Å². The van der Waals surface area contributed by atoms with Gasteiger partial charge < -0.3 is 4.74 Å². The number of esters is 1. The van der Waals surface area contributed by atoms with Gasteiger partial charge in [0.1, 0.15) is 5.78 Å². The average molecular weight is 461 g/mol. The molecular weight excluding hydrogens is 440 g/mol. The second-order valence-electron chi connectivity index (χ2n) is 7.21. The summed E-state index contributed by atoms with van der Waals surface area (Å²) >= 11 is 0. The molecule has 0 aliphatic rings. The van der Waals surface area contributed by atoms with Crippen LogP contribution in [0.2, 0.25) is 0 Å². The van der Waals surface area contributed by atoms with Gasteiger partial charge in [-0.1, -0.05) is 19.1 Å². The van der Waals surface area contributed by atoms with Crippen LogP contribution in [0.5, 0.6) is 0 Å². The SMILES string of the molecule is CCOC(=O)[C@H](C)CC(=O)C[C@@H](c1ccc(C(F)(F)F)cc1)c1ncccc1C(F)(F)F. The maximum Gasteiger partial charge on any atom is 0.418 e. The summed E-state index contributed by atoms with van der Waals surface area (Å²) in [5.41, 5.74) is -2.47. The number of carbonyl (C=O) groups excluding carboxylic acids is 2. The summed E-state index contributed by atoms with van der Waals surface area (Å²) in [6, 6.07) is 5.43. The Labute approximate surface area is 180 Å². The second kappa shape index (κ2) is 10.1. The molecule has 0 spiro atoms. The normalized spacial score (nSPS) is 14.0. The quantitative estimate of drug-likeness (QED) is 0.368. The van der Waals surface area contributed by atoms with Crippen LogP contribution in [0, 0.1) is 5.92 Å². The molecule has 2 atom stereocenters. The molecule has 0 fully saturated rings. The highest BCUT2D eigenvalue weighted by atomic mass is 19.4. The number of aromatic nitrogens is 1. The van der Waals surface area contributed by atoms with E-state index in [4.69, 9.17) is 4.74 Å². The molecule has 1 aromatic carbocycles. The van der Waals surface area contributed by atoms with Gasteiger partial charge in [-0.25, -0.2) is 0 Å². The van der Waals surface area contributed by atoms with Crippen molar-refractivity contribution in [2.75, 3.05) is 6.61 Å². The lowest BCUT2D eigenvalue weighted by Crippen LogP contribution is -2.21. The lowest BCUT2D eigenvalue weighted by molar-refractivity contribution is -0.149. The lowest BCUT2D eigenvalue weighted by atomic mass is 9.85. The first-order valence-corrected chi connectivity index (χ1v) is 9.72. The maximum absolute atomic E-state index is 13.5. The number of benzene rings is 1. The van der Waals surface area contributed by atoms with Crippen molar-refractivity contribution in [2.24, 2.45) is 5.92 Å². The molecule has 0 saturated heterocycles. The van der Waals surface area contributed by atoms with Crippen molar-refractivity contribution < 1.29 is 40.7 Å². The average Bonchev–Trinajstić information content (AvgIpc) is 2.71. The lowest BCUT2D eigenvalue weighted by Gasteiger charge is -2.21. The summed E-state index contributed by atoms with van der Waals surface area (Å²) in [5.74, 6) is -3.24. The van der Waals surface area contributed by atoms with Gasteiger partial charge in [-0.2, -0.15) is 26.3 Å². The van der Waals surface area contributed by atoms with Gasteiger partial charge in [0, 0.05) is 25.0 Å². The number of hydrogen-bond acceptors (Lipinski definition) is 4. The summed E-state index contributed by atoms with van der Waals surface area (Å²) in [6.45, 7) is 3.15. The highest BCUT2D eigenvalue weighted by Gasteiger charge is 2.37. The first kappa shape index (κ1) is 25.4. The van der Waals surface area contributed by atoms with Gasteiger partial charge in [-0.3, -0.25) is 14.6 Å². The smallest absolute Gasteiger partial charge is 0.418 e. The first-order valence-electron chi connectivity index (χ1n) is 9.72. The Morgan fingerprint density at radius 3 is 2.12 bits per heavy atom. The zero-order valence-electron chi connectivity index (χ0n) is 17.3. The predicted molar refractivity (Wildman–Crippen MR) is 103 cm³/mol. The molecule has 0 radical (unpaired) electrons. The number of alkyl halides is 6. The van der Waals surface area contributed by atoms with Crippen LogP contribution in [0.4, 0.5) is 26.3 Å². The van der Waals surface area contributed by atoms with Gasteiger partial charge >= 0.3 is 18.3 Å². The number of rotatable bonds is 8. The van der Waals surface area contributed by atoms with E-state index >= 15 is 0 Å². The molecule has 2 rings (SSSR count). The van der Waals surface area contributed by atoms with E-state index in [-0.39, 0.29) is 18.6 Å². The van der Waals surface area contributed by atoms with Crippen LogP contribution in [0.25, 0.3) is 0 Å². The number of hydrogen-bond donors (Lipinski definition) is 0. The van der Waals surface area contributed by atoms with Crippen LogP contribution in [0.3, 0.4) is 0 Å². The van der Waals surface area contributed by atoms with Crippen molar-refractivity contribution in [2.45, 2.75) is 45.0 Å². The van der Waals surface area contributed by atoms with Crippen LogP contribution in [-0.4, -0.2) is 23.3 Å². The standard InChI is InChI=1S/C22H21F6NO3/c1-3-32-20(31)13(2)11-16(30)12-17(14-6-8-15(9-7-14)21(23,24)25)19-18(22(26,27)28)5-4-10-29-19/h4-10,13,17H,3,11-12H2,1-2H3/t13-,17+/m1/s1. The molecule has 0 unspecified atom stereocenters. The van der Waals surface area contributed by atoms with Crippen molar-refractivity contribution in [3.05, 3.63) is 65.0 Å². The Morgan fingerprint density at radius 2 is 1.59 bits per heavy atom. The number of carbonyl (C=O) groups is 2. The highest BCUT2D eigenvalue weighted by Crippen LogP contribution is 2.39. The number of halogens is 6. The third-order valence-corrected chi connectivity index (χ3v) is 4.77. The van der Waals surface area contributed by atoms with Crippen molar-refractivity contribution in [3.8, 4) is 0 Å². The number of ether oxygens (including phenoxy) is 1. The molecule has 0 aliphatic carbocycles. The van der Waals surface area contributed by atoms with Crippen LogP contribution >= 0.6 is 0 Å². The highest BCUT2D eigenvalue weighted by molar-refractivity contribution is 5.85. The third-order valence-electron chi connectivity index (χ3n) is 4.77. The van der Waals surface area contributed by atoms with Crippen LogP contribution < -0.4 is 0 Å². The topological polar surface area (TPSA) is 56.3 Å².